The summed E-state index contributed by atoms with van der Waals surface area (Å²) in [5.74, 6) is 2.67. The summed E-state index contributed by atoms with van der Waals surface area (Å²) in [6, 6.07) is 86.9. The Morgan fingerprint density at radius 2 is 1.03 bits per heavy atom. The summed E-state index contributed by atoms with van der Waals surface area (Å²) in [7, 11) is -6.73. The molecule has 0 aliphatic carbocycles. The van der Waals surface area contributed by atoms with E-state index in [4.69, 9.17) is 14.7 Å². The molecule has 4 nitrogen and oxygen atoms in total. The summed E-state index contributed by atoms with van der Waals surface area (Å²) in [4.78, 5) is 9.93. The molecule has 302 valence electrons. The lowest BCUT2D eigenvalue weighted by atomic mass is 10.1. The Labute approximate surface area is 374 Å². The number of rotatable bonds is 8. The zero-order chi connectivity index (χ0) is 42.5. The van der Waals surface area contributed by atoms with Crippen molar-refractivity contribution in [2.45, 2.75) is 0 Å². The smallest absolute Gasteiger partial charge is 0.188 e. The van der Waals surface area contributed by atoms with Crippen LogP contribution < -0.4 is 46.2 Å². The van der Waals surface area contributed by atoms with Crippen LogP contribution in [-0.2, 0) is 0 Å². The van der Waals surface area contributed by atoms with Crippen molar-refractivity contribution >= 4 is 79.4 Å². The first-order valence-electron chi connectivity index (χ1n) is 21.8. The highest BCUT2D eigenvalue weighted by Gasteiger charge is 2.55. The average molecular weight is 852 g/mol. The van der Waals surface area contributed by atoms with E-state index in [-0.39, 0.29) is 0 Å². The molecule has 0 saturated heterocycles. The van der Waals surface area contributed by atoms with Crippen LogP contribution in [0.2, 0.25) is 0 Å². The number of pyridine rings is 2. The fourth-order valence-electron chi connectivity index (χ4n) is 10.6. The van der Waals surface area contributed by atoms with Gasteiger partial charge in [-0.3, -0.25) is 9.55 Å². The molecule has 0 amide bonds. The lowest BCUT2D eigenvalue weighted by Gasteiger charge is -2.45. The molecule has 12 rings (SSSR count). The Morgan fingerprint density at radius 1 is 0.453 bits per heavy atom. The van der Waals surface area contributed by atoms with E-state index in [0.29, 0.717) is 0 Å². The number of ether oxygens (including phenoxy) is 1. The van der Waals surface area contributed by atoms with Crippen molar-refractivity contribution in [3.05, 3.63) is 249 Å². The van der Waals surface area contributed by atoms with Crippen molar-refractivity contribution < 1.29 is 4.74 Å². The van der Waals surface area contributed by atoms with Crippen molar-refractivity contribution in [3.63, 3.8) is 0 Å². The van der Waals surface area contributed by atoms with E-state index in [1.165, 1.54) is 41.5 Å². The minimum atomic E-state index is -3.42. The van der Waals surface area contributed by atoms with Crippen LogP contribution >= 0.6 is 0 Å². The highest BCUT2D eigenvalue weighted by Crippen LogP contribution is 2.41. The SMILES string of the molecule is c1ccc([Si](c2ccccc2)(c2cccc(-c3ccccn3)c2)c2cc3c(c4c2[Si](c2ccccc2)(c2ccccc2)c2ccccc2O4)c2ccccc2n3-c2ccccn2)cc1. The molecule has 0 N–H and O–H groups in total. The van der Waals surface area contributed by atoms with Gasteiger partial charge in [0.2, 0.25) is 0 Å². The van der Waals surface area contributed by atoms with E-state index in [9.17, 15) is 0 Å². The third-order valence-electron chi connectivity index (χ3n) is 13.2. The van der Waals surface area contributed by atoms with Crippen LogP contribution in [0.1, 0.15) is 0 Å². The quantitative estimate of drug-likeness (QED) is 0.115. The monoisotopic (exact) mass is 851 g/mol. The van der Waals surface area contributed by atoms with Crippen molar-refractivity contribution in [2.75, 3.05) is 0 Å². The molecule has 0 atom stereocenters. The summed E-state index contributed by atoms with van der Waals surface area (Å²) in [5.41, 5.74) is 4.15. The first-order chi connectivity index (χ1) is 31.8. The summed E-state index contributed by atoms with van der Waals surface area (Å²) < 4.78 is 10.0. The maximum absolute atomic E-state index is 7.70. The summed E-state index contributed by atoms with van der Waals surface area (Å²) in [6.07, 6.45) is 3.77. The van der Waals surface area contributed by atoms with E-state index in [2.05, 4.69) is 229 Å². The van der Waals surface area contributed by atoms with Gasteiger partial charge in [-0.15, -0.1) is 0 Å². The van der Waals surface area contributed by atoms with E-state index in [1.807, 2.05) is 24.5 Å². The zero-order valence-corrected chi connectivity index (χ0v) is 36.9. The van der Waals surface area contributed by atoms with Crippen molar-refractivity contribution in [2.24, 2.45) is 0 Å². The molecule has 0 bridgehead atoms. The van der Waals surface area contributed by atoms with Crippen LogP contribution in [0.15, 0.2) is 249 Å². The zero-order valence-electron chi connectivity index (χ0n) is 34.9. The van der Waals surface area contributed by atoms with Gasteiger partial charge in [0.15, 0.2) is 16.1 Å². The van der Waals surface area contributed by atoms with Crippen LogP contribution in [-0.4, -0.2) is 30.7 Å². The first-order valence-corrected chi connectivity index (χ1v) is 25.8. The highest BCUT2D eigenvalue weighted by molar-refractivity contribution is 7.27. The van der Waals surface area contributed by atoms with Gasteiger partial charge in [-0.05, 0) is 84.0 Å². The molecule has 1 aliphatic rings. The van der Waals surface area contributed by atoms with Crippen LogP contribution in [0, 0.1) is 0 Å². The van der Waals surface area contributed by atoms with Gasteiger partial charge in [-0.1, -0.05) is 194 Å². The lowest BCUT2D eigenvalue weighted by molar-refractivity contribution is 0.493. The van der Waals surface area contributed by atoms with Gasteiger partial charge in [-0.25, -0.2) is 4.98 Å². The Kier molecular flexibility index (Phi) is 9.14. The third kappa shape index (κ3) is 5.66. The van der Waals surface area contributed by atoms with Crippen molar-refractivity contribution in [3.8, 4) is 28.6 Å². The molecular weight excluding hydrogens is 811 g/mol. The topological polar surface area (TPSA) is 39.9 Å². The molecule has 0 fully saturated rings. The van der Waals surface area contributed by atoms with Crippen LogP contribution in [0.4, 0.5) is 0 Å². The van der Waals surface area contributed by atoms with Gasteiger partial charge >= 0.3 is 0 Å². The molecule has 0 unspecified atom stereocenters. The Bertz CT molecular complexity index is 3380. The molecule has 0 saturated carbocycles. The molecule has 64 heavy (non-hydrogen) atoms. The Hall–Kier alpha value is -7.91. The minimum Gasteiger partial charge on any atom is -0.457 e. The molecule has 3 aromatic heterocycles. The largest absolute Gasteiger partial charge is 0.457 e. The summed E-state index contributed by atoms with van der Waals surface area (Å²) in [6.45, 7) is 0. The standard InChI is InChI=1S/C58H41N3OSi2/c1-5-23-43(24-6-1)63(44-25-7-2-8-26-44,47-31-21-22-42(40-47)49-33-17-19-38-59-49)54-41-51-56(48-32-13-14-34-50(48)61(51)55-37-18-20-39-60-55)57-58(54)64(45-27-9-3-10-28-45,46-29-11-4-12-30-46)53-36-16-15-35-52(53)62-57/h1-41H. The molecule has 6 heteroatoms. The Balaban J connectivity index is 1.38. The number of fused-ring (bicyclic) bond motifs is 6. The number of para-hydroxylation sites is 2. The van der Waals surface area contributed by atoms with Crippen LogP contribution in [0.3, 0.4) is 0 Å². The van der Waals surface area contributed by atoms with E-state index >= 15 is 0 Å². The van der Waals surface area contributed by atoms with Gasteiger partial charge in [0.1, 0.15) is 17.3 Å². The molecular formula is C58H41N3OSi2. The first kappa shape index (κ1) is 37.8. The van der Waals surface area contributed by atoms with Crippen LogP contribution in [0.5, 0.6) is 11.5 Å². The second-order valence-corrected chi connectivity index (χ2v) is 23.9. The number of hydrogen-bond donors (Lipinski definition) is 0. The van der Waals surface area contributed by atoms with Crippen molar-refractivity contribution in [1.82, 2.24) is 14.5 Å². The number of nitrogens with zero attached hydrogens (tertiary/aromatic N) is 3. The molecule has 0 spiro atoms. The van der Waals surface area contributed by atoms with Crippen LogP contribution in [0.25, 0.3) is 38.9 Å². The third-order valence-corrected chi connectivity index (χ3v) is 23.1. The van der Waals surface area contributed by atoms with E-state index in [0.717, 1.165) is 50.4 Å². The fraction of sp³-hybridized carbons (Fsp3) is 0. The number of hydrogen-bond acceptors (Lipinski definition) is 3. The molecule has 0 radical (unpaired) electrons. The van der Waals surface area contributed by atoms with Gasteiger partial charge < -0.3 is 4.74 Å². The molecule has 1 aliphatic heterocycles. The predicted octanol–water partition coefficient (Wildman–Crippen LogP) is 8.10. The molecule has 8 aromatic carbocycles. The second kappa shape index (κ2) is 15.5. The molecule has 4 heterocycles. The van der Waals surface area contributed by atoms with Gasteiger partial charge in [0.05, 0.1) is 22.1 Å². The number of benzene rings is 8. The normalized spacial score (nSPS) is 12.9. The predicted molar refractivity (Wildman–Crippen MR) is 269 cm³/mol. The second-order valence-electron chi connectivity index (χ2n) is 16.4. The molecule has 11 aromatic rings. The van der Waals surface area contributed by atoms with Gasteiger partial charge in [0.25, 0.3) is 0 Å². The summed E-state index contributed by atoms with van der Waals surface area (Å²) >= 11 is 0. The van der Waals surface area contributed by atoms with E-state index in [1.54, 1.807) is 0 Å². The maximum Gasteiger partial charge on any atom is 0.188 e. The van der Waals surface area contributed by atoms with Crippen molar-refractivity contribution in [1.29, 1.82) is 0 Å². The minimum absolute atomic E-state index is 0.856. The maximum atomic E-state index is 7.70. The highest BCUT2D eigenvalue weighted by atomic mass is 28.3. The van der Waals surface area contributed by atoms with E-state index < -0.39 is 16.1 Å². The lowest BCUT2D eigenvalue weighted by Crippen LogP contribution is -2.85. The fourth-order valence-corrected chi connectivity index (χ4v) is 21.7. The van der Waals surface area contributed by atoms with Gasteiger partial charge in [0, 0.05) is 23.3 Å². The average Bonchev–Trinajstić information content (AvgIpc) is 3.72. The summed E-state index contributed by atoms with van der Waals surface area (Å²) in [5, 5.41) is 12.5. The van der Waals surface area contributed by atoms with Gasteiger partial charge in [-0.2, -0.15) is 0 Å². The Morgan fingerprint density at radius 3 is 1.69 bits per heavy atom. The number of aromatic nitrogens is 3.